The second kappa shape index (κ2) is 14.3. The van der Waals surface area contributed by atoms with Crippen molar-refractivity contribution in [3.63, 3.8) is 0 Å². The lowest BCUT2D eigenvalue weighted by molar-refractivity contribution is -0.140. The van der Waals surface area contributed by atoms with Gasteiger partial charge in [-0.1, -0.05) is 82.8 Å². The Morgan fingerprint density at radius 2 is 1.64 bits per heavy atom. The third-order valence-electron chi connectivity index (χ3n) is 7.46. The quantitative estimate of drug-likeness (QED) is 0.243. The van der Waals surface area contributed by atoms with Gasteiger partial charge in [0.05, 0.1) is 22.5 Å². The molecule has 3 aromatic rings. The molecule has 0 bridgehead atoms. The molecule has 1 N–H and O–H groups in total. The SMILES string of the molecule is CS(=O)(=O)N(CC(=O)N(Cc1ccc(Br)cc1)C(Cc1ccccc1)C(=O)NC1CCCC1)c1ccc(Cl)c(C(F)(F)F)c1. The summed E-state index contributed by atoms with van der Waals surface area (Å²) in [7, 11) is -4.25. The highest BCUT2D eigenvalue weighted by Crippen LogP contribution is 2.37. The molecule has 1 aliphatic rings. The number of hydrogen-bond acceptors (Lipinski definition) is 4. The Labute approximate surface area is 268 Å². The number of carbonyl (C=O) groups excluding carboxylic acids is 2. The van der Waals surface area contributed by atoms with Crippen LogP contribution in [0.15, 0.2) is 77.3 Å². The molecule has 13 heteroatoms. The van der Waals surface area contributed by atoms with Crippen LogP contribution in [0.25, 0.3) is 0 Å². The fourth-order valence-corrected chi connectivity index (χ4v) is 6.54. The average molecular weight is 715 g/mol. The Morgan fingerprint density at radius 1 is 1.00 bits per heavy atom. The van der Waals surface area contributed by atoms with Gasteiger partial charge in [-0.3, -0.25) is 13.9 Å². The van der Waals surface area contributed by atoms with Gasteiger partial charge in [-0.25, -0.2) is 8.42 Å². The highest BCUT2D eigenvalue weighted by Gasteiger charge is 2.37. The summed E-state index contributed by atoms with van der Waals surface area (Å²) in [5.41, 5.74) is -0.163. The molecule has 236 valence electrons. The van der Waals surface area contributed by atoms with E-state index in [1.165, 1.54) is 4.90 Å². The van der Waals surface area contributed by atoms with Crippen LogP contribution in [0.1, 0.15) is 42.4 Å². The molecular weight excluding hydrogens is 683 g/mol. The van der Waals surface area contributed by atoms with Gasteiger partial charge >= 0.3 is 6.18 Å². The molecular formula is C31H32BrClF3N3O4S. The number of rotatable bonds is 11. The Bertz CT molecular complexity index is 1570. The van der Waals surface area contributed by atoms with Crippen LogP contribution in [0.5, 0.6) is 0 Å². The molecule has 1 saturated carbocycles. The van der Waals surface area contributed by atoms with Crippen LogP contribution in [0.3, 0.4) is 0 Å². The van der Waals surface area contributed by atoms with Gasteiger partial charge in [0.2, 0.25) is 21.8 Å². The van der Waals surface area contributed by atoms with Gasteiger partial charge in [0.15, 0.2) is 0 Å². The zero-order valence-corrected chi connectivity index (χ0v) is 27.0. The van der Waals surface area contributed by atoms with Gasteiger partial charge in [0.1, 0.15) is 12.6 Å². The normalized spacial score (nSPS) is 14.7. The van der Waals surface area contributed by atoms with Crippen LogP contribution >= 0.6 is 27.5 Å². The molecule has 2 amide bonds. The first-order chi connectivity index (χ1) is 20.7. The largest absolute Gasteiger partial charge is 0.417 e. The van der Waals surface area contributed by atoms with Gasteiger partial charge < -0.3 is 10.2 Å². The van der Waals surface area contributed by atoms with Crippen molar-refractivity contribution in [3.8, 4) is 0 Å². The highest BCUT2D eigenvalue weighted by molar-refractivity contribution is 9.10. The minimum Gasteiger partial charge on any atom is -0.352 e. The molecule has 0 aliphatic heterocycles. The molecule has 0 spiro atoms. The van der Waals surface area contributed by atoms with Crippen LogP contribution < -0.4 is 9.62 Å². The fraction of sp³-hybridized carbons (Fsp3) is 0.355. The van der Waals surface area contributed by atoms with Crippen molar-refractivity contribution in [2.45, 2.75) is 56.9 Å². The number of alkyl halides is 3. The molecule has 0 saturated heterocycles. The molecule has 1 unspecified atom stereocenters. The number of anilines is 1. The molecule has 1 aliphatic carbocycles. The Balaban J connectivity index is 1.75. The summed E-state index contributed by atoms with van der Waals surface area (Å²) in [6, 6.07) is 17.8. The van der Waals surface area contributed by atoms with Crippen LogP contribution in [0.2, 0.25) is 5.02 Å². The van der Waals surface area contributed by atoms with Crippen molar-refractivity contribution in [2.24, 2.45) is 0 Å². The summed E-state index contributed by atoms with van der Waals surface area (Å²) < 4.78 is 68.2. The van der Waals surface area contributed by atoms with Gasteiger partial charge in [-0.2, -0.15) is 13.2 Å². The number of nitrogens with one attached hydrogen (secondary N) is 1. The summed E-state index contributed by atoms with van der Waals surface area (Å²) in [4.78, 5) is 29.3. The van der Waals surface area contributed by atoms with Crippen molar-refractivity contribution in [2.75, 3.05) is 17.1 Å². The Kier molecular flexibility index (Phi) is 11.0. The molecule has 0 aromatic heterocycles. The molecule has 4 rings (SSSR count). The first-order valence-electron chi connectivity index (χ1n) is 13.9. The van der Waals surface area contributed by atoms with Gasteiger partial charge in [0, 0.05) is 23.5 Å². The average Bonchev–Trinajstić information content (AvgIpc) is 3.47. The summed E-state index contributed by atoms with van der Waals surface area (Å²) in [5.74, 6) is -1.15. The number of nitrogens with zero attached hydrogens (tertiary/aromatic N) is 2. The van der Waals surface area contributed by atoms with E-state index in [2.05, 4.69) is 21.2 Å². The van der Waals surface area contributed by atoms with E-state index in [4.69, 9.17) is 11.6 Å². The smallest absolute Gasteiger partial charge is 0.352 e. The first kappa shape index (κ1) is 33.8. The van der Waals surface area contributed by atoms with Crippen LogP contribution in [-0.4, -0.2) is 50.0 Å². The lowest BCUT2D eigenvalue weighted by Crippen LogP contribution is -2.54. The second-order valence-electron chi connectivity index (χ2n) is 10.8. The number of amides is 2. The van der Waals surface area contributed by atoms with Crippen LogP contribution in [0, 0.1) is 0 Å². The minimum absolute atomic E-state index is 0.0479. The van der Waals surface area contributed by atoms with E-state index in [-0.39, 0.29) is 30.6 Å². The van der Waals surface area contributed by atoms with Crippen molar-refractivity contribution in [1.82, 2.24) is 10.2 Å². The van der Waals surface area contributed by atoms with Gasteiger partial charge in [-0.05, 0) is 54.3 Å². The highest BCUT2D eigenvalue weighted by atomic mass is 79.9. The third kappa shape index (κ3) is 8.98. The third-order valence-corrected chi connectivity index (χ3v) is 9.46. The van der Waals surface area contributed by atoms with E-state index in [9.17, 15) is 31.2 Å². The first-order valence-corrected chi connectivity index (χ1v) is 17.0. The number of sulfonamides is 1. The summed E-state index contributed by atoms with van der Waals surface area (Å²) in [6.07, 6.45) is -0.350. The maximum atomic E-state index is 14.1. The standard InChI is InChI=1S/C31H32BrClF3N3O4S/c1-44(42,43)39(25-15-16-27(33)26(18-25)31(34,35)36)20-29(40)38(19-22-11-13-23(32)14-12-22)28(17-21-7-3-2-4-8-21)30(41)37-24-9-5-6-10-24/h2-4,7-8,11-16,18,24,28H,5-6,9-10,17,19-20H2,1H3,(H,37,41). The molecule has 7 nitrogen and oxygen atoms in total. The maximum absolute atomic E-state index is 14.1. The summed E-state index contributed by atoms with van der Waals surface area (Å²) in [6.45, 7) is -0.885. The van der Waals surface area contributed by atoms with Crippen molar-refractivity contribution in [1.29, 1.82) is 0 Å². The fourth-order valence-electron chi connectivity index (χ4n) is 5.21. The molecule has 44 heavy (non-hydrogen) atoms. The predicted octanol–water partition coefficient (Wildman–Crippen LogP) is 6.59. The topological polar surface area (TPSA) is 86.8 Å². The predicted molar refractivity (Wildman–Crippen MR) is 168 cm³/mol. The molecule has 1 fully saturated rings. The minimum atomic E-state index is -4.85. The number of halogens is 5. The van der Waals surface area contributed by atoms with E-state index in [0.717, 1.165) is 54.1 Å². The molecule has 1 atom stereocenters. The summed E-state index contributed by atoms with van der Waals surface area (Å²) >= 11 is 9.15. The van der Waals surface area contributed by atoms with Crippen molar-refractivity contribution < 1.29 is 31.2 Å². The van der Waals surface area contributed by atoms with E-state index in [1.807, 2.05) is 30.3 Å². The lowest BCUT2D eigenvalue weighted by Gasteiger charge is -2.34. The van der Waals surface area contributed by atoms with E-state index in [1.54, 1.807) is 24.3 Å². The van der Waals surface area contributed by atoms with E-state index < -0.39 is 45.3 Å². The molecule has 0 heterocycles. The second-order valence-corrected chi connectivity index (χ2v) is 14.0. The van der Waals surface area contributed by atoms with Crippen LogP contribution in [-0.2, 0) is 38.8 Å². The monoisotopic (exact) mass is 713 g/mol. The Hall–Kier alpha value is -3.09. The van der Waals surface area contributed by atoms with Gasteiger partial charge in [-0.15, -0.1) is 0 Å². The Morgan fingerprint density at radius 3 is 2.23 bits per heavy atom. The van der Waals surface area contributed by atoms with E-state index >= 15 is 0 Å². The zero-order valence-electron chi connectivity index (χ0n) is 23.9. The number of hydrogen-bond donors (Lipinski definition) is 1. The van der Waals surface area contributed by atoms with E-state index in [0.29, 0.717) is 15.9 Å². The zero-order chi connectivity index (χ0) is 32.1. The number of benzene rings is 3. The maximum Gasteiger partial charge on any atom is 0.417 e. The van der Waals surface area contributed by atoms with Crippen molar-refractivity contribution in [3.05, 3.63) is 99.0 Å². The van der Waals surface area contributed by atoms with Crippen LogP contribution in [0.4, 0.5) is 18.9 Å². The summed E-state index contributed by atoms with van der Waals surface area (Å²) in [5, 5.41) is 2.46. The molecule has 0 radical (unpaired) electrons. The van der Waals surface area contributed by atoms with Gasteiger partial charge in [0.25, 0.3) is 0 Å². The number of carbonyl (C=O) groups is 2. The van der Waals surface area contributed by atoms with Crippen molar-refractivity contribution >= 4 is 55.1 Å². The lowest BCUT2D eigenvalue weighted by atomic mass is 10.0. The molecule has 3 aromatic carbocycles.